The predicted molar refractivity (Wildman–Crippen MR) is 125 cm³/mol. The van der Waals surface area contributed by atoms with Crippen molar-refractivity contribution < 1.29 is 4.74 Å². The molecule has 3 aliphatic rings. The summed E-state index contributed by atoms with van der Waals surface area (Å²) in [6.07, 6.45) is 4.75. The second-order valence-corrected chi connectivity index (χ2v) is 8.36. The Labute approximate surface area is 186 Å². The van der Waals surface area contributed by atoms with Crippen LogP contribution < -0.4 is 5.32 Å². The van der Waals surface area contributed by atoms with Crippen molar-refractivity contribution >= 4 is 29.9 Å². The number of rotatable bonds is 5. The summed E-state index contributed by atoms with van der Waals surface area (Å²) in [5, 5.41) is 3.50. The molecular formula is C22H35IN4O. The highest BCUT2D eigenvalue weighted by atomic mass is 127. The van der Waals surface area contributed by atoms with Crippen LogP contribution in [0.5, 0.6) is 0 Å². The smallest absolute Gasteiger partial charge is 0.193 e. The molecule has 0 aromatic heterocycles. The topological polar surface area (TPSA) is 40.1 Å². The summed E-state index contributed by atoms with van der Waals surface area (Å²) in [4.78, 5) is 9.97. The zero-order valence-electron chi connectivity index (χ0n) is 17.2. The van der Waals surface area contributed by atoms with E-state index in [0.29, 0.717) is 5.41 Å². The highest BCUT2D eigenvalue weighted by molar-refractivity contribution is 14.0. The van der Waals surface area contributed by atoms with Gasteiger partial charge in [0.05, 0.1) is 6.61 Å². The maximum absolute atomic E-state index is 5.67. The van der Waals surface area contributed by atoms with Crippen LogP contribution in [0.4, 0.5) is 0 Å². The molecular weight excluding hydrogens is 463 g/mol. The van der Waals surface area contributed by atoms with E-state index in [4.69, 9.17) is 9.73 Å². The van der Waals surface area contributed by atoms with Gasteiger partial charge in [0, 0.05) is 57.8 Å². The van der Waals surface area contributed by atoms with Crippen molar-refractivity contribution in [2.75, 3.05) is 52.5 Å². The number of benzene rings is 1. The monoisotopic (exact) mass is 498 g/mol. The lowest BCUT2D eigenvalue weighted by atomic mass is 9.87. The van der Waals surface area contributed by atoms with Crippen molar-refractivity contribution in [2.24, 2.45) is 10.4 Å². The Hall–Kier alpha value is -0.860. The minimum absolute atomic E-state index is 0. The average molecular weight is 498 g/mol. The van der Waals surface area contributed by atoms with E-state index in [1.807, 2.05) is 0 Å². The quantitative estimate of drug-likeness (QED) is 0.293. The zero-order chi connectivity index (χ0) is 18.5. The first-order valence-electron chi connectivity index (χ1n) is 10.7. The lowest BCUT2D eigenvalue weighted by molar-refractivity contribution is 0.156. The molecule has 6 heteroatoms. The number of guanidine groups is 1. The Kier molecular flexibility index (Phi) is 8.00. The van der Waals surface area contributed by atoms with E-state index in [9.17, 15) is 0 Å². The fourth-order valence-electron chi connectivity index (χ4n) is 4.74. The van der Waals surface area contributed by atoms with Crippen molar-refractivity contribution in [3.8, 4) is 0 Å². The molecule has 2 fully saturated rings. The van der Waals surface area contributed by atoms with E-state index in [1.165, 1.54) is 36.9 Å². The van der Waals surface area contributed by atoms with Crippen LogP contribution in [0.3, 0.4) is 0 Å². The van der Waals surface area contributed by atoms with Crippen LogP contribution >= 0.6 is 24.0 Å². The first-order valence-corrected chi connectivity index (χ1v) is 10.7. The Morgan fingerprint density at radius 2 is 2.07 bits per heavy atom. The summed E-state index contributed by atoms with van der Waals surface area (Å²) in [6.45, 7) is 11.5. The lowest BCUT2D eigenvalue weighted by Crippen LogP contribution is -2.41. The van der Waals surface area contributed by atoms with Gasteiger partial charge in [-0.25, -0.2) is 0 Å². The van der Waals surface area contributed by atoms with Gasteiger partial charge in [0.25, 0.3) is 0 Å². The largest absolute Gasteiger partial charge is 0.381 e. The number of fused-ring (bicyclic) bond motifs is 1. The SMILES string of the molecule is CCNC(=NCCCN1CCc2ccccc2C1)N1CCC2(CCOC2)C1.I. The molecule has 0 radical (unpaired) electrons. The van der Waals surface area contributed by atoms with E-state index in [0.717, 1.165) is 64.9 Å². The Balaban J connectivity index is 0.00000225. The van der Waals surface area contributed by atoms with Crippen LogP contribution in [0, 0.1) is 5.41 Å². The van der Waals surface area contributed by atoms with Gasteiger partial charge >= 0.3 is 0 Å². The molecule has 3 aliphatic heterocycles. The number of hydrogen-bond donors (Lipinski definition) is 1. The van der Waals surface area contributed by atoms with Gasteiger partial charge in [-0.15, -0.1) is 24.0 Å². The normalized spacial score (nSPS) is 25.0. The standard InChI is InChI=1S/C22H34N4O.HI/c1-2-23-21(26-14-9-22(17-26)10-15-27-18-22)24-11-5-12-25-13-8-19-6-3-4-7-20(19)16-25;/h3-4,6-7H,2,5,8-18H2,1H3,(H,23,24);1H. The maximum atomic E-state index is 5.67. The van der Waals surface area contributed by atoms with Crippen LogP contribution in [-0.2, 0) is 17.7 Å². The third-order valence-electron chi connectivity index (χ3n) is 6.36. The second-order valence-electron chi connectivity index (χ2n) is 8.36. The van der Waals surface area contributed by atoms with Gasteiger partial charge in [-0.1, -0.05) is 24.3 Å². The molecule has 0 aliphatic carbocycles. The molecule has 156 valence electrons. The minimum Gasteiger partial charge on any atom is -0.381 e. The van der Waals surface area contributed by atoms with Gasteiger partial charge in [-0.2, -0.15) is 0 Å². The second kappa shape index (κ2) is 10.3. The summed E-state index contributed by atoms with van der Waals surface area (Å²) in [6, 6.07) is 8.87. The van der Waals surface area contributed by atoms with Crippen molar-refractivity contribution in [3.63, 3.8) is 0 Å². The summed E-state index contributed by atoms with van der Waals surface area (Å²) < 4.78 is 5.67. The van der Waals surface area contributed by atoms with Gasteiger partial charge in [0.2, 0.25) is 0 Å². The number of hydrogen-bond acceptors (Lipinski definition) is 3. The molecule has 5 nitrogen and oxygen atoms in total. The summed E-state index contributed by atoms with van der Waals surface area (Å²) in [5.41, 5.74) is 3.42. The number of nitrogens with one attached hydrogen (secondary N) is 1. The first kappa shape index (κ1) is 21.8. The van der Waals surface area contributed by atoms with Gasteiger partial charge < -0.3 is 15.0 Å². The number of nitrogens with zero attached hydrogens (tertiary/aromatic N) is 3. The Morgan fingerprint density at radius 1 is 1.21 bits per heavy atom. The van der Waals surface area contributed by atoms with Crippen LogP contribution in [0.15, 0.2) is 29.3 Å². The highest BCUT2D eigenvalue weighted by Gasteiger charge is 2.42. The molecule has 1 unspecified atom stereocenters. The number of likely N-dealkylation sites (tertiary alicyclic amines) is 1. The van der Waals surface area contributed by atoms with Crippen LogP contribution in [0.1, 0.15) is 37.3 Å². The number of ether oxygens (including phenoxy) is 1. The van der Waals surface area contributed by atoms with E-state index < -0.39 is 0 Å². The summed E-state index contributed by atoms with van der Waals surface area (Å²) in [5.74, 6) is 1.10. The molecule has 3 heterocycles. The van der Waals surface area contributed by atoms with Gasteiger partial charge in [-0.3, -0.25) is 9.89 Å². The van der Waals surface area contributed by atoms with E-state index in [-0.39, 0.29) is 24.0 Å². The molecule has 4 rings (SSSR count). The molecule has 1 aromatic rings. The van der Waals surface area contributed by atoms with Crippen molar-refractivity contribution in [3.05, 3.63) is 35.4 Å². The lowest BCUT2D eigenvalue weighted by Gasteiger charge is -2.28. The van der Waals surface area contributed by atoms with Gasteiger partial charge in [0.15, 0.2) is 5.96 Å². The van der Waals surface area contributed by atoms with Crippen molar-refractivity contribution in [2.45, 2.75) is 39.2 Å². The first-order chi connectivity index (χ1) is 13.3. The zero-order valence-corrected chi connectivity index (χ0v) is 19.5. The molecule has 0 bridgehead atoms. The van der Waals surface area contributed by atoms with Crippen LogP contribution in [-0.4, -0.2) is 68.2 Å². The number of aliphatic imine (C=N–C) groups is 1. The Morgan fingerprint density at radius 3 is 2.86 bits per heavy atom. The Bertz CT molecular complexity index is 660. The predicted octanol–water partition coefficient (Wildman–Crippen LogP) is 3.13. The van der Waals surface area contributed by atoms with E-state index in [2.05, 4.69) is 46.3 Å². The molecule has 0 amide bonds. The third-order valence-corrected chi connectivity index (χ3v) is 6.36. The van der Waals surface area contributed by atoms with E-state index in [1.54, 1.807) is 0 Å². The maximum Gasteiger partial charge on any atom is 0.193 e. The average Bonchev–Trinajstić information content (AvgIpc) is 3.34. The highest BCUT2D eigenvalue weighted by Crippen LogP contribution is 2.38. The molecule has 1 aromatic carbocycles. The van der Waals surface area contributed by atoms with Crippen molar-refractivity contribution in [1.29, 1.82) is 0 Å². The van der Waals surface area contributed by atoms with Gasteiger partial charge in [-0.05, 0) is 43.7 Å². The number of halogens is 1. The molecule has 1 N–H and O–H groups in total. The third kappa shape index (κ3) is 5.19. The molecule has 1 spiro atoms. The molecule has 2 saturated heterocycles. The molecule has 1 atom stereocenters. The van der Waals surface area contributed by atoms with Crippen LogP contribution in [0.2, 0.25) is 0 Å². The molecule has 0 saturated carbocycles. The fourth-order valence-corrected chi connectivity index (χ4v) is 4.74. The minimum atomic E-state index is 0. The van der Waals surface area contributed by atoms with Crippen LogP contribution in [0.25, 0.3) is 0 Å². The van der Waals surface area contributed by atoms with Crippen molar-refractivity contribution in [1.82, 2.24) is 15.1 Å². The summed E-state index contributed by atoms with van der Waals surface area (Å²) >= 11 is 0. The molecule has 28 heavy (non-hydrogen) atoms. The van der Waals surface area contributed by atoms with E-state index >= 15 is 0 Å². The van der Waals surface area contributed by atoms with Gasteiger partial charge in [0.1, 0.15) is 0 Å². The fraction of sp³-hybridized carbons (Fsp3) is 0.682. The summed E-state index contributed by atoms with van der Waals surface area (Å²) in [7, 11) is 0.